The number of hydrogen-bond donors (Lipinski definition) is 7. The van der Waals surface area contributed by atoms with E-state index in [4.69, 9.17) is 8.83 Å². The van der Waals surface area contributed by atoms with Crippen molar-refractivity contribution in [2.75, 3.05) is 45.8 Å². The molecule has 0 radical (unpaired) electrons. The normalized spacial score (nSPS) is 14.3. The molecule has 9 nitrogen and oxygen atoms in total. The second-order valence-electron chi connectivity index (χ2n) is 35.6. The Morgan fingerprint density at radius 1 is 0.384 bits per heavy atom. The fourth-order valence-corrected chi connectivity index (χ4v) is 14.4. The maximum atomic E-state index is 5.43. The zero-order valence-corrected chi connectivity index (χ0v) is 73.4. The molecule has 0 aliphatic carbocycles. The molecular formula is C86H154BrN7O2S3. The highest BCUT2D eigenvalue weighted by molar-refractivity contribution is 9.10. The maximum absolute atomic E-state index is 5.43. The maximum Gasteiger partial charge on any atom is 0.120 e. The molecule has 0 amide bonds. The Morgan fingerprint density at radius 2 is 0.788 bits per heavy atom. The van der Waals surface area contributed by atoms with Gasteiger partial charge in [-0.25, -0.2) is 0 Å². The first-order chi connectivity index (χ1) is 45.8. The summed E-state index contributed by atoms with van der Waals surface area (Å²) in [6.07, 6.45) is 13.5. The molecule has 0 fully saturated rings. The van der Waals surface area contributed by atoms with Crippen molar-refractivity contribution in [3.05, 3.63) is 149 Å². The van der Waals surface area contributed by atoms with Crippen molar-refractivity contribution in [3.8, 4) is 0 Å². The molecule has 6 aromatic rings. The van der Waals surface area contributed by atoms with E-state index in [0.717, 1.165) is 81.2 Å². The fourth-order valence-electron chi connectivity index (χ4n) is 11.6. The molecular weight excluding hydrogens is 1340 g/mol. The molecule has 0 bridgehead atoms. The summed E-state index contributed by atoms with van der Waals surface area (Å²) >= 11 is 9.02. The van der Waals surface area contributed by atoms with Gasteiger partial charge in [0, 0.05) is 60.9 Å². The summed E-state index contributed by atoms with van der Waals surface area (Å²) in [7, 11) is 0. The lowest BCUT2D eigenvalue weighted by atomic mass is 9.84. The first kappa shape index (κ1) is 96.1. The van der Waals surface area contributed by atoms with Crippen LogP contribution in [0.2, 0.25) is 0 Å². The van der Waals surface area contributed by atoms with Crippen molar-refractivity contribution < 1.29 is 8.83 Å². The smallest absolute Gasteiger partial charge is 0.120 e. The highest BCUT2D eigenvalue weighted by Gasteiger charge is 2.26. The molecule has 0 aliphatic rings. The van der Waals surface area contributed by atoms with Gasteiger partial charge in [-0.2, -0.15) is 11.3 Å². The van der Waals surface area contributed by atoms with Gasteiger partial charge >= 0.3 is 0 Å². The average Bonchev–Trinajstić information content (AvgIpc) is 1.74. The number of nitrogens with one attached hydrogen (secondary N) is 7. The number of rotatable bonds is 28. The largest absolute Gasteiger partial charge is 0.472 e. The van der Waals surface area contributed by atoms with Gasteiger partial charge in [-0.1, -0.05) is 242 Å². The van der Waals surface area contributed by atoms with Crippen molar-refractivity contribution in [3.63, 3.8) is 0 Å². The second-order valence-corrected chi connectivity index (χ2v) is 39.6. The molecule has 99 heavy (non-hydrogen) atoms. The van der Waals surface area contributed by atoms with Gasteiger partial charge in [-0.15, -0.1) is 22.7 Å². The molecule has 7 atom stereocenters. The Kier molecular flexibility index (Phi) is 47.5. The summed E-state index contributed by atoms with van der Waals surface area (Å²) in [5.74, 6) is 1.78. The SMILES string of the molecule is CCNC(CC(C)(C)C)C(C)C.CCNC(CC(C)(C)C)c1ccc(Br)cc1.CCNC(CC(C)(C)C)c1ccc(C)s1.CCNC(CC(C)(C)C)c1ccco1.CCNC(CC(C)(C)C)c1cccs1.CCNC(CC(C)(C)C)c1ccoc1.CCNC(CC(C)(C)C)c1ccsc1. The second kappa shape index (κ2) is 49.0. The first-order valence-corrected chi connectivity index (χ1v) is 41.3. The lowest BCUT2D eigenvalue weighted by Gasteiger charge is -2.29. The van der Waals surface area contributed by atoms with E-state index < -0.39 is 0 Å². The molecule has 13 heteroatoms. The van der Waals surface area contributed by atoms with Gasteiger partial charge in [0.05, 0.1) is 24.8 Å². The van der Waals surface area contributed by atoms with Crippen LogP contribution >= 0.6 is 49.9 Å². The van der Waals surface area contributed by atoms with Crippen LogP contribution in [0, 0.1) is 50.7 Å². The van der Waals surface area contributed by atoms with Crippen LogP contribution in [-0.2, 0) is 0 Å². The van der Waals surface area contributed by atoms with Crippen molar-refractivity contribution in [2.24, 2.45) is 43.8 Å². The van der Waals surface area contributed by atoms with E-state index in [1.165, 1.54) is 57.0 Å². The molecule has 1 aromatic carbocycles. The highest BCUT2D eigenvalue weighted by atomic mass is 79.9. The molecule has 7 unspecified atom stereocenters. The standard InChI is InChI=1S/C14H22BrN.C13H23NS.2C12H21NO.2C12H21NS.C11H25N/c1-5-16-13(10-14(2,3)4)11-6-8-12(15)9-7-11;1-6-14-11(9-13(3,4)5)12-8-7-10(2)15-12;1-5-13-11(8-12(2,3)4)10-6-7-14-9-10;1-5-13-10(9-12(2,3)4)11-7-6-8-14-11;1-5-13-11(8-12(2,3)4)10-6-7-14-9-10;1-5-13-10(9-12(2,3)4)11-7-6-8-14-11;1-7-12-10(9(2)3)8-11(4,5)6/h6-9,13,16H,5,10H2,1-4H3;7-8,11,14H,6,9H2,1-5H3;6-7,9,11,13H,5,8H2,1-4H3;6-8,10,13H,5,9H2,1-4H3;6-7,9,11,13H,5,8H2,1-4H3;6-8,10,13H,5,9H2,1-4H3;9-10,12H,7-8H2,1-6H3. The minimum atomic E-state index is 0.319. The number of halogens is 1. The summed E-state index contributed by atoms with van der Waals surface area (Å²) in [5.41, 5.74) is 6.66. The molecule has 0 saturated heterocycles. The van der Waals surface area contributed by atoms with Crippen molar-refractivity contribution in [1.82, 2.24) is 37.2 Å². The van der Waals surface area contributed by atoms with Gasteiger partial charge in [-0.3, -0.25) is 0 Å². The van der Waals surface area contributed by atoms with Crippen molar-refractivity contribution >= 4 is 49.9 Å². The van der Waals surface area contributed by atoms with Crippen LogP contribution < -0.4 is 37.2 Å². The van der Waals surface area contributed by atoms with Crippen LogP contribution in [0.4, 0.5) is 0 Å². The van der Waals surface area contributed by atoms with E-state index in [2.05, 4.69) is 339 Å². The van der Waals surface area contributed by atoms with Crippen LogP contribution in [0.25, 0.3) is 0 Å². The molecule has 570 valence electrons. The minimum Gasteiger partial charge on any atom is -0.472 e. The topological polar surface area (TPSA) is 110 Å². The van der Waals surface area contributed by atoms with Crippen LogP contribution in [0.3, 0.4) is 0 Å². The quantitative estimate of drug-likeness (QED) is 0.0258. The van der Waals surface area contributed by atoms with E-state index in [0.29, 0.717) is 80.2 Å². The predicted molar refractivity (Wildman–Crippen MR) is 449 cm³/mol. The third kappa shape index (κ3) is 50.2. The van der Waals surface area contributed by atoms with E-state index in [1.807, 2.05) is 47.1 Å². The number of hydrogen-bond acceptors (Lipinski definition) is 12. The van der Waals surface area contributed by atoms with Crippen LogP contribution in [0.15, 0.2) is 121 Å². The van der Waals surface area contributed by atoms with Gasteiger partial charge in [0.2, 0.25) is 0 Å². The first-order valence-electron chi connectivity index (χ1n) is 37.9. The zero-order valence-electron chi connectivity index (χ0n) is 69.3. The van der Waals surface area contributed by atoms with E-state index >= 15 is 0 Å². The number of thiophene rings is 3. The Bertz CT molecular complexity index is 2550. The molecule has 0 spiro atoms. The monoisotopic (exact) mass is 1490 g/mol. The Balaban J connectivity index is 0.00000113. The summed E-state index contributed by atoms with van der Waals surface area (Å²) in [6.45, 7) is 77.0. The van der Waals surface area contributed by atoms with Crippen molar-refractivity contribution in [1.29, 1.82) is 0 Å². The van der Waals surface area contributed by atoms with Crippen molar-refractivity contribution in [2.45, 2.75) is 302 Å². The summed E-state index contributed by atoms with van der Waals surface area (Å²) in [4.78, 5) is 4.34. The van der Waals surface area contributed by atoms with Gasteiger partial charge in [0.1, 0.15) is 5.76 Å². The third-order valence-electron chi connectivity index (χ3n) is 15.7. The van der Waals surface area contributed by atoms with E-state index in [9.17, 15) is 0 Å². The van der Waals surface area contributed by atoms with E-state index in [-0.39, 0.29) is 0 Å². The molecule has 5 heterocycles. The van der Waals surface area contributed by atoms with Gasteiger partial charge in [0.15, 0.2) is 0 Å². The minimum absolute atomic E-state index is 0.319. The van der Waals surface area contributed by atoms with E-state index in [1.54, 1.807) is 23.9 Å². The Morgan fingerprint density at radius 3 is 1.13 bits per heavy atom. The fraction of sp³-hybridized carbons (Fsp3) is 0.698. The lowest BCUT2D eigenvalue weighted by molar-refractivity contribution is 0.267. The molecule has 6 rings (SSSR count). The van der Waals surface area contributed by atoms with Gasteiger partial charge in [0.25, 0.3) is 0 Å². The summed E-state index contributed by atoms with van der Waals surface area (Å²) < 4.78 is 11.7. The van der Waals surface area contributed by atoms with Crippen LogP contribution in [0.5, 0.6) is 0 Å². The number of benzene rings is 1. The average molecular weight is 1490 g/mol. The predicted octanol–water partition coefficient (Wildman–Crippen LogP) is 26.1. The molecule has 5 aromatic heterocycles. The highest BCUT2D eigenvalue weighted by Crippen LogP contribution is 2.36. The number of furan rings is 2. The molecule has 7 N–H and O–H groups in total. The summed E-state index contributed by atoms with van der Waals surface area (Å²) in [5, 5.41) is 31.3. The zero-order chi connectivity index (χ0) is 75.9. The summed E-state index contributed by atoms with van der Waals surface area (Å²) in [6, 6.07) is 29.2. The van der Waals surface area contributed by atoms with Gasteiger partial charge < -0.3 is 46.1 Å². The Hall–Kier alpha value is -2.92. The van der Waals surface area contributed by atoms with Gasteiger partial charge in [-0.05, 0) is 223 Å². The third-order valence-corrected chi connectivity index (χ3v) is 19.1. The lowest BCUT2D eigenvalue weighted by Crippen LogP contribution is -2.36. The molecule has 0 aliphatic heterocycles. The Labute approximate surface area is 632 Å². The molecule has 0 saturated carbocycles. The van der Waals surface area contributed by atoms with Crippen LogP contribution in [0.1, 0.15) is 326 Å². The number of aryl methyl sites for hydroxylation is 1. The van der Waals surface area contributed by atoms with Crippen LogP contribution in [-0.4, -0.2) is 51.9 Å².